The summed E-state index contributed by atoms with van der Waals surface area (Å²) in [4.78, 5) is 10.6. The van der Waals surface area contributed by atoms with E-state index < -0.39 is 24.1 Å². The SMILES string of the molecule is Cn1cc(CC(N)(C(=O)O)C(F)(F)F)cn1. The third-order valence-electron chi connectivity index (χ3n) is 2.13. The van der Waals surface area contributed by atoms with Crippen LogP contribution in [0, 0.1) is 0 Å². The molecule has 0 spiro atoms. The Morgan fingerprint density at radius 2 is 2.19 bits per heavy atom. The number of nitrogens with zero attached hydrogens (tertiary/aromatic N) is 2. The number of aliphatic carboxylic acids is 1. The van der Waals surface area contributed by atoms with Crippen molar-refractivity contribution in [2.75, 3.05) is 0 Å². The molecule has 0 radical (unpaired) electrons. The van der Waals surface area contributed by atoms with Gasteiger partial charge in [0.25, 0.3) is 0 Å². The first-order valence-electron chi connectivity index (χ1n) is 4.23. The van der Waals surface area contributed by atoms with Crippen LogP contribution in [-0.4, -0.2) is 32.6 Å². The molecule has 0 aliphatic heterocycles. The van der Waals surface area contributed by atoms with Crippen molar-refractivity contribution in [2.45, 2.75) is 18.1 Å². The predicted molar refractivity (Wildman–Crippen MR) is 47.5 cm³/mol. The molecule has 0 bridgehead atoms. The molecule has 8 heteroatoms. The average Bonchev–Trinajstić information content (AvgIpc) is 2.48. The summed E-state index contributed by atoms with van der Waals surface area (Å²) in [5.41, 5.74) is 1.73. The molecule has 90 valence electrons. The van der Waals surface area contributed by atoms with Crippen LogP contribution in [0.3, 0.4) is 0 Å². The fourth-order valence-electron chi connectivity index (χ4n) is 1.18. The lowest BCUT2D eigenvalue weighted by Gasteiger charge is -2.26. The minimum atomic E-state index is -5.02. The third-order valence-corrected chi connectivity index (χ3v) is 2.13. The molecular formula is C8H10F3N3O2. The molecule has 3 N–H and O–H groups in total. The number of hydrogen-bond acceptors (Lipinski definition) is 3. The van der Waals surface area contributed by atoms with Gasteiger partial charge in [-0.05, 0) is 5.56 Å². The van der Waals surface area contributed by atoms with Gasteiger partial charge in [-0.15, -0.1) is 0 Å². The van der Waals surface area contributed by atoms with Crippen LogP contribution in [0.1, 0.15) is 5.56 Å². The smallest absolute Gasteiger partial charge is 0.417 e. The number of aryl methyl sites for hydroxylation is 1. The van der Waals surface area contributed by atoms with Gasteiger partial charge < -0.3 is 10.8 Å². The Morgan fingerprint density at radius 1 is 1.62 bits per heavy atom. The van der Waals surface area contributed by atoms with Gasteiger partial charge in [-0.1, -0.05) is 0 Å². The maximum absolute atomic E-state index is 12.5. The molecular weight excluding hydrogens is 227 g/mol. The van der Waals surface area contributed by atoms with Crippen LogP contribution in [0.15, 0.2) is 12.4 Å². The average molecular weight is 237 g/mol. The molecule has 0 saturated carbocycles. The van der Waals surface area contributed by atoms with E-state index in [1.54, 1.807) is 0 Å². The lowest BCUT2D eigenvalue weighted by molar-refractivity contribution is -0.201. The fraction of sp³-hybridized carbons (Fsp3) is 0.500. The minimum Gasteiger partial charge on any atom is -0.480 e. The number of rotatable bonds is 3. The number of carboxylic acids is 1. The van der Waals surface area contributed by atoms with E-state index in [9.17, 15) is 18.0 Å². The Morgan fingerprint density at radius 3 is 2.50 bits per heavy atom. The Bertz CT molecular complexity index is 401. The van der Waals surface area contributed by atoms with E-state index in [1.165, 1.54) is 17.9 Å². The molecule has 5 nitrogen and oxygen atoms in total. The highest BCUT2D eigenvalue weighted by Gasteiger charge is 2.58. The topological polar surface area (TPSA) is 81.1 Å². The monoisotopic (exact) mass is 237 g/mol. The van der Waals surface area contributed by atoms with Gasteiger partial charge >= 0.3 is 12.1 Å². The number of carbonyl (C=O) groups is 1. The van der Waals surface area contributed by atoms with Gasteiger partial charge in [-0.3, -0.25) is 4.68 Å². The van der Waals surface area contributed by atoms with Crippen LogP contribution < -0.4 is 5.73 Å². The molecule has 0 aromatic carbocycles. The minimum absolute atomic E-state index is 0.115. The summed E-state index contributed by atoms with van der Waals surface area (Å²) in [6.45, 7) is 0. The maximum atomic E-state index is 12.5. The van der Waals surface area contributed by atoms with Gasteiger partial charge in [0.2, 0.25) is 5.54 Å². The summed E-state index contributed by atoms with van der Waals surface area (Å²) in [5.74, 6) is -2.11. The highest BCUT2D eigenvalue weighted by Crippen LogP contribution is 2.31. The highest BCUT2D eigenvalue weighted by atomic mass is 19.4. The molecule has 0 amide bonds. The molecule has 1 unspecified atom stereocenters. The Balaban J connectivity index is 3.01. The van der Waals surface area contributed by atoms with Crippen molar-refractivity contribution in [1.82, 2.24) is 9.78 Å². The molecule has 0 fully saturated rings. The first kappa shape index (κ1) is 12.5. The van der Waals surface area contributed by atoms with E-state index in [0.29, 0.717) is 0 Å². The van der Waals surface area contributed by atoms with Gasteiger partial charge in [0.15, 0.2) is 0 Å². The second-order valence-corrected chi connectivity index (χ2v) is 3.47. The number of carboxylic acid groups (broad SMARTS) is 1. The molecule has 16 heavy (non-hydrogen) atoms. The number of nitrogens with two attached hydrogens (primary N) is 1. The first-order chi connectivity index (χ1) is 7.17. The van der Waals surface area contributed by atoms with E-state index in [2.05, 4.69) is 5.10 Å². The summed E-state index contributed by atoms with van der Waals surface area (Å²) in [6.07, 6.45) is -3.43. The van der Waals surface area contributed by atoms with Gasteiger partial charge in [0, 0.05) is 19.7 Å². The van der Waals surface area contributed by atoms with Crippen LogP contribution in [0.2, 0.25) is 0 Å². The third kappa shape index (κ3) is 2.16. The van der Waals surface area contributed by atoms with Gasteiger partial charge in [-0.2, -0.15) is 18.3 Å². The van der Waals surface area contributed by atoms with Crippen molar-refractivity contribution < 1.29 is 23.1 Å². The lowest BCUT2D eigenvalue weighted by atomic mass is 9.93. The molecule has 1 rings (SSSR count). The number of hydrogen-bond donors (Lipinski definition) is 2. The molecule has 0 aliphatic rings. The van der Waals surface area contributed by atoms with E-state index >= 15 is 0 Å². The Hall–Kier alpha value is -1.57. The second-order valence-electron chi connectivity index (χ2n) is 3.47. The molecule has 1 aromatic rings. The van der Waals surface area contributed by atoms with Crippen molar-refractivity contribution >= 4 is 5.97 Å². The summed E-state index contributed by atoms with van der Waals surface area (Å²) in [5, 5.41) is 12.2. The molecule has 1 atom stereocenters. The molecule has 1 heterocycles. The van der Waals surface area contributed by atoms with Crippen LogP contribution in [0.25, 0.3) is 0 Å². The van der Waals surface area contributed by atoms with Gasteiger partial charge in [0.1, 0.15) is 0 Å². The second kappa shape index (κ2) is 3.78. The number of aromatic nitrogens is 2. The zero-order valence-electron chi connectivity index (χ0n) is 8.32. The summed E-state index contributed by atoms with van der Waals surface area (Å²) >= 11 is 0. The normalized spacial score (nSPS) is 15.8. The fourth-order valence-corrected chi connectivity index (χ4v) is 1.18. The Labute approximate surface area is 88.7 Å². The largest absolute Gasteiger partial charge is 0.480 e. The van der Waals surface area contributed by atoms with E-state index in [1.807, 2.05) is 0 Å². The summed E-state index contributed by atoms with van der Waals surface area (Å²) in [6, 6.07) is 0. The van der Waals surface area contributed by atoms with Gasteiger partial charge in [-0.25, -0.2) is 4.79 Å². The van der Waals surface area contributed by atoms with Crippen molar-refractivity contribution in [2.24, 2.45) is 12.8 Å². The standard InChI is InChI=1S/C8H10F3N3O2/c1-14-4-5(3-13-14)2-7(12,6(15)16)8(9,10)11/h3-4H,2,12H2,1H3,(H,15,16). The van der Waals surface area contributed by atoms with E-state index in [-0.39, 0.29) is 5.56 Å². The summed E-state index contributed by atoms with van der Waals surface area (Å²) < 4.78 is 38.8. The Kier molecular flexibility index (Phi) is 2.95. The number of alkyl halides is 3. The predicted octanol–water partition coefficient (Wildman–Crippen LogP) is 0.307. The quantitative estimate of drug-likeness (QED) is 0.792. The summed E-state index contributed by atoms with van der Waals surface area (Å²) in [7, 11) is 1.51. The zero-order valence-corrected chi connectivity index (χ0v) is 8.32. The molecule has 1 aromatic heterocycles. The van der Waals surface area contributed by atoms with Crippen LogP contribution in [0.5, 0.6) is 0 Å². The van der Waals surface area contributed by atoms with Crippen LogP contribution in [0.4, 0.5) is 13.2 Å². The van der Waals surface area contributed by atoms with E-state index in [4.69, 9.17) is 10.8 Å². The van der Waals surface area contributed by atoms with Crippen molar-refractivity contribution in [3.05, 3.63) is 18.0 Å². The first-order valence-corrected chi connectivity index (χ1v) is 4.23. The molecule has 0 aliphatic carbocycles. The lowest BCUT2D eigenvalue weighted by Crippen LogP contribution is -2.61. The maximum Gasteiger partial charge on any atom is 0.417 e. The van der Waals surface area contributed by atoms with Crippen LogP contribution >= 0.6 is 0 Å². The highest BCUT2D eigenvalue weighted by molar-refractivity contribution is 5.80. The van der Waals surface area contributed by atoms with Crippen molar-refractivity contribution in [1.29, 1.82) is 0 Å². The van der Waals surface area contributed by atoms with Crippen LogP contribution in [-0.2, 0) is 18.3 Å². The number of halogens is 3. The van der Waals surface area contributed by atoms with Gasteiger partial charge in [0.05, 0.1) is 6.20 Å². The molecule has 0 saturated heterocycles. The van der Waals surface area contributed by atoms with Crippen molar-refractivity contribution in [3.8, 4) is 0 Å². The zero-order chi connectivity index (χ0) is 12.6. The van der Waals surface area contributed by atoms with E-state index in [0.717, 1.165) is 6.20 Å². The van der Waals surface area contributed by atoms with Crippen molar-refractivity contribution in [3.63, 3.8) is 0 Å².